The molecule has 0 aromatic heterocycles. The van der Waals surface area contributed by atoms with E-state index in [4.69, 9.17) is 10.5 Å². The Morgan fingerprint density at radius 1 is 1.05 bits per heavy atom. The number of nitrogens with two attached hydrogens (primary N) is 1. The third-order valence-electron chi connectivity index (χ3n) is 3.05. The number of ether oxygens (including phenoxy) is 1. The fourth-order valence-corrected chi connectivity index (χ4v) is 2.13. The van der Waals surface area contributed by atoms with E-state index < -0.39 is 0 Å². The van der Waals surface area contributed by atoms with Crippen molar-refractivity contribution in [3.63, 3.8) is 0 Å². The summed E-state index contributed by atoms with van der Waals surface area (Å²) in [5, 5.41) is 3.35. The van der Waals surface area contributed by atoms with Crippen LogP contribution in [-0.4, -0.2) is 6.10 Å². The van der Waals surface area contributed by atoms with Crippen molar-refractivity contribution in [3.05, 3.63) is 53.8 Å². The van der Waals surface area contributed by atoms with Gasteiger partial charge in [-0.3, -0.25) is 0 Å². The number of benzene rings is 2. The van der Waals surface area contributed by atoms with Crippen LogP contribution in [0, 0.1) is 5.82 Å². The van der Waals surface area contributed by atoms with Crippen LogP contribution in [0.3, 0.4) is 0 Å². The highest BCUT2D eigenvalue weighted by molar-refractivity contribution is 5.60. The Balaban J connectivity index is 2.14. The number of nitrogen functional groups attached to an aromatic ring is 1. The van der Waals surface area contributed by atoms with E-state index in [0.29, 0.717) is 5.69 Å². The Kier molecular flexibility index (Phi) is 4.68. The predicted octanol–water partition coefficient (Wildman–Crippen LogP) is 4.37. The highest BCUT2D eigenvalue weighted by Gasteiger charge is 2.08. The fraction of sp³-hybridized carbons (Fsp3) is 0.294. The second kappa shape index (κ2) is 6.48. The molecule has 2 rings (SSSR count). The van der Waals surface area contributed by atoms with Gasteiger partial charge in [-0.1, -0.05) is 12.1 Å². The van der Waals surface area contributed by atoms with Crippen LogP contribution in [0.4, 0.5) is 15.8 Å². The van der Waals surface area contributed by atoms with Gasteiger partial charge >= 0.3 is 0 Å². The molecule has 4 heteroatoms. The lowest BCUT2D eigenvalue weighted by Gasteiger charge is -2.18. The van der Waals surface area contributed by atoms with Crippen LogP contribution in [-0.2, 0) is 0 Å². The Hall–Kier alpha value is -2.23. The largest absolute Gasteiger partial charge is 0.491 e. The van der Waals surface area contributed by atoms with E-state index >= 15 is 0 Å². The van der Waals surface area contributed by atoms with Gasteiger partial charge in [0.1, 0.15) is 11.6 Å². The Labute approximate surface area is 124 Å². The lowest BCUT2D eigenvalue weighted by atomic mass is 10.1. The van der Waals surface area contributed by atoms with E-state index in [1.54, 1.807) is 18.2 Å². The summed E-state index contributed by atoms with van der Waals surface area (Å²) in [6.45, 7) is 5.95. The minimum Gasteiger partial charge on any atom is -0.491 e. The maximum absolute atomic E-state index is 13.0. The van der Waals surface area contributed by atoms with Gasteiger partial charge in [0.15, 0.2) is 0 Å². The SMILES string of the molecule is CC(C)Oc1cc(N)cc(NC(C)c2ccc(F)cc2)c1. The van der Waals surface area contributed by atoms with Crippen LogP contribution in [0.1, 0.15) is 32.4 Å². The quantitative estimate of drug-likeness (QED) is 0.803. The van der Waals surface area contributed by atoms with Gasteiger partial charge in [0, 0.05) is 29.5 Å². The van der Waals surface area contributed by atoms with Gasteiger partial charge < -0.3 is 15.8 Å². The van der Waals surface area contributed by atoms with Crippen molar-refractivity contribution in [3.8, 4) is 5.75 Å². The molecule has 0 heterocycles. The number of halogens is 1. The molecule has 0 aliphatic carbocycles. The molecule has 2 aromatic carbocycles. The smallest absolute Gasteiger partial charge is 0.123 e. The molecule has 0 aliphatic heterocycles. The summed E-state index contributed by atoms with van der Waals surface area (Å²) >= 11 is 0. The zero-order chi connectivity index (χ0) is 15.4. The van der Waals surface area contributed by atoms with E-state index in [-0.39, 0.29) is 18.0 Å². The highest BCUT2D eigenvalue weighted by atomic mass is 19.1. The molecule has 0 spiro atoms. The van der Waals surface area contributed by atoms with Gasteiger partial charge in [-0.2, -0.15) is 0 Å². The first-order valence-corrected chi connectivity index (χ1v) is 7.03. The van der Waals surface area contributed by atoms with Crippen molar-refractivity contribution in [1.82, 2.24) is 0 Å². The average Bonchev–Trinajstić information content (AvgIpc) is 2.37. The molecule has 1 unspecified atom stereocenters. The highest BCUT2D eigenvalue weighted by Crippen LogP contribution is 2.26. The van der Waals surface area contributed by atoms with Crippen LogP contribution in [0.15, 0.2) is 42.5 Å². The normalized spacial score (nSPS) is 12.2. The van der Waals surface area contributed by atoms with Crippen molar-refractivity contribution in [1.29, 1.82) is 0 Å². The maximum atomic E-state index is 13.0. The van der Waals surface area contributed by atoms with Gasteiger partial charge in [-0.25, -0.2) is 4.39 Å². The summed E-state index contributed by atoms with van der Waals surface area (Å²) in [7, 11) is 0. The van der Waals surface area contributed by atoms with Gasteiger partial charge in [0.2, 0.25) is 0 Å². The molecule has 0 amide bonds. The first-order chi connectivity index (χ1) is 9.94. The molecule has 112 valence electrons. The topological polar surface area (TPSA) is 47.3 Å². The first-order valence-electron chi connectivity index (χ1n) is 7.03. The Bertz CT molecular complexity index is 596. The lowest BCUT2D eigenvalue weighted by molar-refractivity contribution is 0.242. The van der Waals surface area contributed by atoms with Crippen molar-refractivity contribution in [2.24, 2.45) is 0 Å². The minimum atomic E-state index is -0.234. The van der Waals surface area contributed by atoms with Crippen molar-refractivity contribution in [2.75, 3.05) is 11.1 Å². The standard InChI is InChI=1S/C17H21FN2O/c1-11(2)21-17-9-15(19)8-16(10-17)20-12(3)13-4-6-14(18)7-5-13/h4-12,20H,19H2,1-3H3. The van der Waals surface area contributed by atoms with Gasteiger partial charge in [-0.05, 0) is 44.5 Å². The van der Waals surface area contributed by atoms with Gasteiger partial charge in [-0.15, -0.1) is 0 Å². The van der Waals surface area contributed by atoms with E-state index in [1.807, 2.05) is 32.9 Å². The number of rotatable bonds is 5. The van der Waals surface area contributed by atoms with E-state index in [1.165, 1.54) is 12.1 Å². The summed E-state index contributed by atoms with van der Waals surface area (Å²) in [6.07, 6.45) is 0.0918. The number of hydrogen-bond donors (Lipinski definition) is 2. The molecule has 0 bridgehead atoms. The third kappa shape index (κ3) is 4.38. The molecule has 3 nitrogen and oxygen atoms in total. The zero-order valence-electron chi connectivity index (χ0n) is 12.6. The average molecular weight is 288 g/mol. The fourth-order valence-electron chi connectivity index (χ4n) is 2.13. The molecule has 21 heavy (non-hydrogen) atoms. The molecular weight excluding hydrogens is 267 g/mol. The summed E-state index contributed by atoms with van der Waals surface area (Å²) in [5.74, 6) is 0.501. The van der Waals surface area contributed by atoms with Crippen molar-refractivity contribution in [2.45, 2.75) is 32.9 Å². The van der Waals surface area contributed by atoms with Crippen LogP contribution in [0.25, 0.3) is 0 Å². The summed E-state index contributed by atoms with van der Waals surface area (Å²) in [6, 6.07) is 12.1. The first kappa shape index (κ1) is 15.2. The van der Waals surface area contributed by atoms with Gasteiger partial charge in [0.05, 0.1) is 6.10 Å². The monoisotopic (exact) mass is 288 g/mol. The maximum Gasteiger partial charge on any atom is 0.123 e. The zero-order valence-corrected chi connectivity index (χ0v) is 12.6. The predicted molar refractivity (Wildman–Crippen MR) is 85.1 cm³/mol. The van der Waals surface area contributed by atoms with Crippen LogP contribution in [0.5, 0.6) is 5.75 Å². The second-order valence-electron chi connectivity index (χ2n) is 5.37. The third-order valence-corrected chi connectivity index (χ3v) is 3.05. The molecule has 0 radical (unpaired) electrons. The van der Waals surface area contributed by atoms with Gasteiger partial charge in [0.25, 0.3) is 0 Å². The van der Waals surface area contributed by atoms with E-state index in [0.717, 1.165) is 17.0 Å². The summed E-state index contributed by atoms with van der Waals surface area (Å²) in [5.41, 5.74) is 8.42. The summed E-state index contributed by atoms with van der Waals surface area (Å²) < 4.78 is 18.6. The number of hydrogen-bond acceptors (Lipinski definition) is 3. The molecule has 3 N–H and O–H groups in total. The molecule has 0 aliphatic rings. The molecule has 0 saturated carbocycles. The van der Waals surface area contributed by atoms with E-state index in [9.17, 15) is 4.39 Å². The number of anilines is 2. The minimum absolute atomic E-state index is 0.0410. The molecule has 2 aromatic rings. The Morgan fingerprint density at radius 3 is 2.33 bits per heavy atom. The molecule has 0 saturated heterocycles. The Morgan fingerprint density at radius 2 is 1.71 bits per heavy atom. The summed E-state index contributed by atoms with van der Waals surface area (Å²) in [4.78, 5) is 0. The second-order valence-corrected chi connectivity index (χ2v) is 5.37. The molecule has 1 atom stereocenters. The van der Waals surface area contributed by atoms with E-state index in [2.05, 4.69) is 5.32 Å². The van der Waals surface area contributed by atoms with Crippen LogP contribution >= 0.6 is 0 Å². The number of nitrogens with one attached hydrogen (secondary N) is 1. The van der Waals surface area contributed by atoms with Crippen LogP contribution < -0.4 is 15.8 Å². The molecule has 0 fully saturated rings. The lowest BCUT2D eigenvalue weighted by Crippen LogP contribution is -2.09. The van der Waals surface area contributed by atoms with Crippen molar-refractivity contribution < 1.29 is 9.13 Å². The van der Waals surface area contributed by atoms with Crippen LogP contribution in [0.2, 0.25) is 0 Å². The van der Waals surface area contributed by atoms with Crippen molar-refractivity contribution >= 4 is 11.4 Å². The molecular formula is C17H21FN2O.